The van der Waals surface area contributed by atoms with Crippen LogP contribution in [0.3, 0.4) is 0 Å². The van der Waals surface area contributed by atoms with Crippen molar-refractivity contribution in [2.24, 2.45) is 16.6 Å². The van der Waals surface area contributed by atoms with E-state index in [0.29, 0.717) is 18.4 Å². The highest BCUT2D eigenvalue weighted by Crippen LogP contribution is 2.20. The number of benzene rings is 1. The molecule has 2 N–H and O–H groups in total. The topological polar surface area (TPSA) is 67.7 Å². The van der Waals surface area contributed by atoms with Crippen LogP contribution < -0.4 is 5.73 Å². The molecule has 1 aromatic heterocycles. The molecule has 5 heteroatoms. The molecular formula is C17H22N4O. The third-order valence-corrected chi connectivity index (χ3v) is 4.00. The maximum absolute atomic E-state index is 6.09. The van der Waals surface area contributed by atoms with E-state index < -0.39 is 0 Å². The average Bonchev–Trinajstić information content (AvgIpc) is 3.02. The van der Waals surface area contributed by atoms with E-state index in [4.69, 9.17) is 10.3 Å². The molecule has 3 rings (SSSR count). The van der Waals surface area contributed by atoms with Crippen LogP contribution in [0, 0.1) is 5.92 Å². The monoisotopic (exact) mass is 298 g/mol. The molecule has 0 aliphatic carbocycles. The molecule has 22 heavy (non-hydrogen) atoms. The standard InChI is InChI=1S/C17H22N4O/c1-13-6-5-9-21(12-13)17(18)19-11-15-10-16(22-20-15)14-7-3-2-4-8-14/h2-4,7-8,10,13H,5-6,9,11-12H2,1H3,(H2,18,19). The van der Waals surface area contributed by atoms with Gasteiger partial charge in [-0.1, -0.05) is 42.4 Å². The Morgan fingerprint density at radius 2 is 2.23 bits per heavy atom. The SMILES string of the molecule is CC1CCCN(C(N)=NCc2cc(-c3ccccc3)on2)C1. The molecule has 1 aliphatic rings. The molecule has 1 aliphatic heterocycles. The van der Waals surface area contributed by atoms with E-state index in [1.54, 1.807) is 0 Å². The molecular weight excluding hydrogens is 276 g/mol. The minimum absolute atomic E-state index is 0.451. The number of guanidine groups is 1. The Balaban J connectivity index is 1.64. The van der Waals surface area contributed by atoms with Gasteiger partial charge < -0.3 is 15.2 Å². The van der Waals surface area contributed by atoms with Gasteiger partial charge in [-0.15, -0.1) is 0 Å². The number of piperidine rings is 1. The van der Waals surface area contributed by atoms with Crippen LogP contribution >= 0.6 is 0 Å². The van der Waals surface area contributed by atoms with Crippen LogP contribution in [0.5, 0.6) is 0 Å². The molecule has 1 unspecified atom stereocenters. The fraction of sp³-hybridized carbons (Fsp3) is 0.412. The van der Waals surface area contributed by atoms with E-state index in [2.05, 4.69) is 22.0 Å². The summed E-state index contributed by atoms with van der Waals surface area (Å²) in [6.45, 7) is 4.69. The summed E-state index contributed by atoms with van der Waals surface area (Å²) in [5, 5.41) is 4.07. The van der Waals surface area contributed by atoms with Gasteiger partial charge in [-0.25, -0.2) is 4.99 Å². The summed E-state index contributed by atoms with van der Waals surface area (Å²) in [7, 11) is 0. The van der Waals surface area contributed by atoms with Crippen molar-refractivity contribution in [3.8, 4) is 11.3 Å². The summed E-state index contributed by atoms with van der Waals surface area (Å²) in [5.41, 5.74) is 7.91. The predicted octanol–water partition coefficient (Wildman–Crippen LogP) is 2.89. The first-order valence-electron chi connectivity index (χ1n) is 7.78. The molecule has 0 bridgehead atoms. The molecule has 0 spiro atoms. The number of hydrogen-bond acceptors (Lipinski definition) is 3. The number of aliphatic imine (C=N–C) groups is 1. The van der Waals surface area contributed by atoms with Crippen LogP contribution in [0.15, 0.2) is 45.9 Å². The number of aromatic nitrogens is 1. The fourth-order valence-corrected chi connectivity index (χ4v) is 2.78. The van der Waals surface area contributed by atoms with Gasteiger partial charge in [0.2, 0.25) is 0 Å². The van der Waals surface area contributed by atoms with Crippen molar-refractivity contribution in [1.82, 2.24) is 10.1 Å². The van der Waals surface area contributed by atoms with Crippen molar-refractivity contribution in [2.45, 2.75) is 26.3 Å². The molecule has 1 atom stereocenters. The van der Waals surface area contributed by atoms with Gasteiger partial charge in [-0.05, 0) is 18.8 Å². The van der Waals surface area contributed by atoms with E-state index in [1.807, 2.05) is 36.4 Å². The van der Waals surface area contributed by atoms with Crippen molar-refractivity contribution >= 4 is 5.96 Å². The molecule has 0 amide bonds. The largest absolute Gasteiger partial charge is 0.370 e. The minimum Gasteiger partial charge on any atom is -0.370 e. The van der Waals surface area contributed by atoms with E-state index in [1.165, 1.54) is 12.8 Å². The number of rotatable bonds is 3. The lowest BCUT2D eigenvalue weighted by Gasteiger charge is -2.31. The number of hydrogen-bond donors (Lipinski definition) is 1. The van der Waals surface area contributed by atoms with Crippen LogP contribution in [0.1, 0.15) is 25.5 Å². The van der Waals surface area contributed by atoms with Crippen LogP contribution in [-0.4, -0.2) is 29.1 Å². The molecule has 2 heterocycles. The van der Waals surface area contributed by atoms with E-state index in [9.17, 15) is 0 Å². The van der Waals surface area contributed by atoms with Gasteiger partial charge in [0.05, 0.1) is 6.54 Å². The Hall–Kier alpha value is -2.30. The smallest absolute Gasteiger partial charge is 0.191 e. The first-order chi connectivity index (χ1) is 10.7. The van der Waals surface area contributed by atoms with Gasteiger partial charge >= 0.3 is 0 Å². The summed E-state index contributed by atoms with van der Waals surface area (Å²) >= 11 is 0. The van der Waals surface area contributed by atoms with Gasteiger partial charge in [0.15, 0.2) is 11.7 Å². The highest BCUT2D eigenvalue weighted by molar-refractivity contribution is 5.78. The number of nitrogens with zero attached hydrogens (tertiary/aromatic N) is 3. The van der Waals surface area contributed by atoms with Crippen molar-refractivity contribution < 1.29 is 4.52 Å². The normalized spacial score (nSPS) is 19.4. The maximum atomic E-state index is 6.09. The Labute approximate surface area is 130 Å². The third kappa shape index (κ3) is 3.47. The second-order valence-electron chi connectivity index (χ2n) is 5.92. The van der Waals surface area contributed by atoms with Gasteiger partial charge in [0.1, 0.15) is 5.69 Å². The lowest BCUT2D eigenvalue weighted by molar-refractivity contribution is 0.270. The van der Waals surface area contributed by atoms with Crippen molar-refractivity contribution in [1.29, 1.82) is 0 Å². The molecule has 0 radical (unpaired) electrons. The van der Waals surface area contributed by atoms with Gasteiger partial charge in [-0.3, -0.25) is 0 Å². The molecule has 1 fully saturated rings. The Kier molecular flexibility index (Phi) is 4.42. The Morgan fingerprint density at radius 3 is 3.00 bits per heavy atom. The molecule has 1 saturated heterocycles. The van der Waals surface area contributed by atoms with Gasteiger partial charge in [-0.2, -0.15) is 0 Å². The first kappa shape index (κ1) is 14.6. The zero-order valence-corrected chi connectivity index (χ0v) is 12.9. The molecule has 0 saturated carbocycles. The lowest BCUT2D eigenvalue weighted by Crippen LogP contribution is -2.43. The van der Waals surface area contributed by atoms with Crippen molar-refractivity contribution in [2.75, 3.05) is 13.1 Å². The first-order valence-corrected chi connectivity index (χ1v) is 7.78. The Morgan fingerprint density at radius 1 is 1.41 bits per heavy atom. The summed E-state index contributed by atoms with van der Waals surface area (Å²) < 4.78 is 5.37. The molecule has 5 nitrogen and oxygen atoms in total. The minimum atomic E-state index is 0.451. The second kappa shape index (κ2) is 6.64. The van der Waals surface area contributed by atoms with E-state index in [0.717, 1.165) is 30.1 Å². The van der Waals surface area contributed by atoms with Crippen LogP contribution in [0.2, 0.25) is 0 Å². The molecule has 1 aromatic carbocycles. The predicted molar refractivity (Wildman–Crippen MR) is 87.2 cm³/mol. The van der Waals surface area contributed by atoms with Gasteiger partial charge in [0.25, 0.3) is 0 Å². The van der Waals surface area contributed by atoms with Crippen LogP contribution in [-0.2, 0) is 6.54 Å². The average molecular weight is 298 g/mol. The number of likely N-dealkylation sites (tertiary alicyclic amines) is 1. The quantitative estimate of drug-likeness (QED) is 0.699. The van der Waals surface area contributed by atoms with Crippen LogP contribution in [0.25, 0.3) is 11.3 Å². The second-order valence-corrected chi connectivity index (χ2v) is 5.92. The van der Waals surface area contributed by atoms with Gasteiger partial charge in [0, 0.05) is 24.7 Å². The fourth-order valence-electron chi connectivity index (χ4n) is 2.78. The van der Waals surface area contributed by atoms with Crippen molar-refractivity contribution in [3.05, 3.63) is 42.1 Å². The van der Waals surface area contributed by atoms with E-state index >= 15 is 0 Å². The zero-order valence-electron chi connectivity index (χ0n) is 12.9. The third-order valence-electron chi connectivity index (χ3n) is 4.00. The van der Waals surface area contributed by atoms with E-state index in [-0.39, 0.29) is 0 Å². The highest BCUT2D eigenvalue weighted by Gasteiger charge is 2.17. The van der Waals surface area contributed by atoms with Crippen molar-refractivity contribution in [3.63, 3.8) is 0 Å². The molecule has 116 valence electrons. The lowest BCUT2D eigenvalue weighted by atomic mass is 10.0. The summed E-state index contributed by atoms with van der Waals surface area (Å²) in [4.78, 5) is 6.62. The zero-order chi connectivity index (χ0) is 15.4. The summed E-state index contributed by atoms with van der Waals surface area (Å²) in [6, 6.07) is 11.8. The summed E-state index contributed by atoms with van der Waals surface area (Å²) in [5.74, 6) is 2.05. The number of nitrogens with two attached hydrogens (primary N) is 1. The Bertz CT molecular complexity index is 635. The molecule has 2 aromatic rings. The van der Waals surface area contributed by atoms with Crippen LogP contribution in [0.4, 0.5) is 0 Å². The summed E-state index contributed by atoms with van der Waals surface area (Å²) in [6.07, 6.45) is 2.45. The highest BCUT2D eigenvalue weighted by atomic mass is 16.5. The maximum Gasteiger partial charge on any atom is 0.191 e.